The van der Waals surface area contributed by atoms with Crippen molar-refractivity contribution in [1.29, 1.82) is 0 Å². The van der Waals surface area contributed by atoms with Gasteiger partial charge < -0.3 is 14.4 Å². The van der Waals surface area contributed by atoms with E-state index in [1.807, 2.05) is 48.3 Å². The number of nitrogens with zero attached hydrogens (tertiary/aromatic N) is 2. The number of ether oxygens (including phenoxy) is 2. The van der Waals surface area contributed by atoms with Crippen molar-refractivity contribution < 1.29 is 14.3 Å². The lowest BCUT2D eigenvalue weighted by molar-refractivity contribution is -0.112. The zero-order valence-corrected chi connectivity index (χ0v) is 21.9. The molecule has 0 aromatic heterocycles. The minimum atomic E-state index is 0.0108. The van der Waals surface area contributed by atoms with Crippen LogP contribution in [0.25, 0.3) is 5.70 Å². The number of aryl methyl sites for hydroxylation is 1. The van der Waals surface area contributed by atoms with E-state index < -0.39 is 0 Å². The molecular formula is C29H42N2O3. The van der Waals surface area contributed by atoms with Gasteiger partial charge in [0, 0.05) is 37.0 Å². The Morgan fingerprint density at radius 1 is 1.06 bits per heavy atom. The molecule has 0 unspecified atom stereocenters. The van der Waals surface area contributed by atoms with Gasteiger partial charge in [-0.1, -0.05) is 51.0 Å². The third-order valence-electron chi connectivity index (χ3n) is 5.77. The third-order valence-corrected chi connectivity index (χ3v) is 5.77. The van der Waals surface area contributed by atoms with Crippen molar-refractivity contribution in [3.8, 4) is 11.5 Å². The van der Waals surface area contributed by atoms with E-state index in [4.69, 9.17) is 9.47 Å². The molecule has 1 aliphatic rings. The van der Waals surface area contributed by atoms with Crippen molar-refractivity contribution >= 4 is 17.2 Å². The van der Waals surface area contributed by atoms with Gasteiger partial charge in [0.2, 0.25) is 0 Å². The second-order valence-corrected chi connectivity index (χ2v) is 8.81. The van der Waals surface area contributed by atoms with Crippen LogP contribution >= 0.6 is 0 Å². The van der Waals surface area contributed by atoms with E-state index in [1.54, 1.807) is 20.1 Å². The predicted octanol–water partition coefficient (Wildman–Crippen LogP) is 6.35. The molecular weight excluding hydrogens is 424 g/mol. The fraction of sp³-hybridized carbons (Fsp3) is 0.483. The Morgan fingerprint density at radius 2 is 1.74 bits per heavy atom. The summed E-state index contributed by atoms with van der Waals surface area (Å²) < 4.78 is 11.7. The van der Waals surface area contributed by atoms with Crippen LogP contribution < -0.4 is 14.4 Å². The summed E-state index contributed by atoms with van der Waals surface area (Å²) in [4.78, 5) is 16.5. The number of rotatable bonds is 9. The highest BCUT2D eigenvalue weighted by Gasteiger charge is 2.16. The Morgan fingerprint density at radius 3 is 2.35 bits per heavy atom. The summed E-state index contributed by atoms with van der Waals surface area (Å²) >= 11 is 0. The first-order chi connectivity index (χ1) is 16.4. The van der Waals surface area contributed by atoms with Crippen molar-refractivity contribution in [2.45, 2.75) is 53.4 Å². The zero-order chi connectivity index (χ0) is 24.9. The molecule has 5 heteroatoms. The lowest BCUT2D eigenvalue weighted by atomic mass is 10.0. The molecule has 186 valence electrons. The summed E-state index contributed by atoms with van der Waals surface area (Å²) in [6.45, 7) is 11.7. The van der Waals surface area contributed by atoms with Crippen LogP contribution in [0.3, 0.4) is 0 Å². The van der Waals surface area contributed by atoms with Gasteiger partial charge in [-0.05, 0) is 57.5 Å². The quantitative estimate of drug-likeness (QED) is 0.403. The number of methoxy groups -OCH3 is 1. The van der Waals surface area contributed by atoms with Gasteiger partial charge >= 0.3 is 0 Å². The molecule has 0 N–H and O–H groups in total. The molecule has 3 rings (SSSR count). The van der Waals surface area contributed by atoms with Crippen LogP contribution in [0, 0.1) is 6.92 Å². The SMILES string of the molecule is CCC.COc1ccc(N(C)/C(=C/C(C)=O)c2ccccc2C)cc1OCCN1CCCCC1. The molecule has 5 nitrogen and oxygen atoms in total. The fourth-order valence-corrected chi connectivity index (χ4v) is 4.00. The van der Waals surface area contributed by atoms with Crippen molar-refractivity contribution in [3.05, 3.63) is 59.7 Å². The first-order valence-corrected chi connectivity index (χ1v) is 12.5. The number of carbonyl (C=O) groups excluding carboxylic acids is 1. The number of carbonyl (C=O) groups is 1. The van der Waals surface area contributed by atoms with Crippen molar-refractivity contribution in [2.75, 3.05) is 45.3 Å². The maximum absolute atomic E-state index is 12.0. The van der Waals surface area contributed by atoms with E-state index in [0.29, 0.717) is 12.4 Å². The van der Waals surface area contributed by atoms with Gasteiger partial charge in [0.15, 0.2) is 17.3 Å². The zero-order valence-electron chi connectivity index (χ0n) is 21.9. The van der Waals surface area contributed by atoms with E-state index in [0.717, 1.165) is 47.9 Å². The number of allylic oxidation sites excluding steroid dienone is 1. The van der Waals surface area contributed by atoms with Crippen LogP contribution in [0.15, 0.2) is 48.5 Å². The van der Waals surface area contributed by atoms with Crippen LogP contribution in [0.5, 0.6) is 11.5 Å². The van der Waals surface area contributed by atoms with Gasteiger partial charge in [0.05, 0.1) is 12.8 Å². The molecule has 0 amide bonds. The summed E-state index contributed by atoms with van der Waals surface area (Å²) in [5, 5.41) is 0. The molecule has 0 spiro atoms. The second-order valence-electron chi connectivity index (χ2n) is 8.81. The van der Waals surface area contributed by atoms with Gasteiger partial charge in [-0.3, -0.25) is 9.69 Å². The van der Waals surface area contributed by atoms with Gasteiger partial charge in [-0.2, -0.15) is 0 Å². The Labute approximate surface area is 206 Å². The minimum Gasteiger partial charge on any atom is -0.493 e. The highest BCUT2D eigenvalue weighted by atomic mass is 16.5. The van der Waals surface area contributed by atoms with Gasteiger partial charge in [-0.25, -0.2) is 0 Å². The largest absolute Gasteiger partial charge is 0.493 e. The van der Waals surface area contributed by atoms with Crippen molar-refractivity contribution in [3.63, 3.8) is 0 Å². The summed E-state index contributed by atoms with van der Waals surface area (Å²) in [5.74, 6) is 1.44. The van der Waals surface area contributed by atoms with Crippen LogP contribution in [0.1, 0.15) is 57.6 Å². The molecule has 1 heterocycles. The summed E-state index contributed by atoms with van der Waals surface area (Å²) in [5.41, 5.74) is 3.94. The van der Waals surface area contributed by atoms with E-state index in [1.165, 1.54) is 25.7 Å². The normalized spacial score (nSPS) is 14.1. The second kappa shape index (κ2) is 14.5. The standard InChI is InChI=1S/C26H34N2O3.C3H8/c1-20-10-6-7-11-23(20)24(18-21(2)29)27(3)22-12-13-25(30-4)26(19-22)31-17-16-28-14-8-5-9-15-28;1-3-2/h6-7,10-13,18-19H,5,8-9,14-17H2,1-4H3;3H2,1-2H3/b24-18+;. The smallest absolute Gasteiger partial charge is 0.163 e. The van der Waals surface area contributed by atoms with E-state index in [-0.39, 0.29) is 5.78 Å². The minimum absolute atomic E-state index is 0.0108. The number of piperidine rings is 1. The lowest BCUT2D eigenvalue weighted by Crippen LogP contribution is -2.33. The molecule has 1 saturated heterocycles. The van der Waals surface area contributed by atoms with Gasteiger partial charge in [0.1, 0.15) is 6.61 Å². The van der Waals surface area contributed by atoms with Gasteiger partial charge in [0.25, 0.3) is 0 Å². The number of ketones is 1. The Bertz CT molecular complexity index is 933. The van der Waals surface area contributed by atoms with Crippen LogP contribution in [0.2, 0.25) is 0 Å². The van der Waals surface area contributed by atoms with Gasteiger partial charge in [-0.15, -0.1) is 0 Å². The monoisotopic (exact) mass is 466 g/mol. The maximum atomic E-state index is 12.0. The predicted molar refractivity (Wildman–Crippen MR) is 143 cm³/mol. The van der Waals surface area contributed by atoms with Crippen molar-refractivity contribution in [2.24, 2.45) is 0 Å². The molecule has 2 aromatic rings. The van der Waals surface area contributed by atoms with Crippen LogP contribution in [0.4, 0.5) is 5.69 Å². The van der Waals surface area contributed by atoms with E-state index >= 15 is 0 Å². The van der Waals surface area contributed by atoms with E-state index in [9.17, 15) is 4.79 Å². The maximum Gasteiger partial charge on any atom is 0.163 e. The third kappa shape index (κ3) is 8.21. The molecule has 0 atom stereocenters. The van der Waals surface area contributed by atoms with Crippen LogP contribution in [-0.4, -0.2) is 51.1 Å². The van der Waals surface area contributed by atoms with Crippen LogP contribution in [-0.2, 0) is 4.79 Å². The fourth-order valence-electron chi connectivity index (χ4n) is 4.00. The molecule has 34 heavy (non-hydrogen) atoms. The molecule has 2 aromatic carbocycles. The Kier molecular flexibility index (Phi) is 11.7. The number of hydrogen-bond acceptors (Lipinski definition) is 5. The Balaban J connectivity index is 0.00000129. The molecule has 1 fully saturated rings. The van der Waals surface area contributed by atoms with E-state index in [2.05, 4.69) is 31.7 Å². The molecule has 0 bridgehead atoms. The molecule has 1 aliphatic heterocycles. The molecule has 0 saturated carbocycles. The summed E-state index contributed by atoms with van der Waals surface area (Å²) in [6.07, 6.45) is 6.81. The summed E-state index contributed by atoms with van der Waals surface area (Å²) in [6, 6.07) is 14.0. The average molecular weight is 467 g/mol. The Hall–Kier alpha value is -2.79. The molecule has 0 radical (unpaired) electrons. The first kappa shape index (κ1) is 27.5. The number of hydrogen-bond donors (Lipinski definition) is 0. The lowest BCUT2D eigenvalue weighted by Gasteiger charge is -2.27. The topological polar surface area (TPSA) is 42.0 Å². The number of benzene rings is 2. The number of anilines is 1. The highest BCUT2D eigenvalue weighted by molar-refractivity contribution is 5.98. The number of likely N-dealkylation sites (tertiary alicyclic amines) is 1. The first-order valence-electron chi connectivity index (χ1n) is 12.5. The van der Waals surface area contributed by atoms with Crippen molar-refractivity contribution in [1.82, 2.24) is 4.90 Å². The highest BCUT2D eigenvalue weighted by Crippen LogP contribution is 2.35. The molecule has 0 aliphatic carbocycles. The summed E-state index contributed by atoms with van der Waals surface area (Å²) in [7, 11) is 3.63. The average Bonchev–Trinajstić information content (AvgIpc) is 2.83.